The van der Waals surface area contributed by atoms with Crippen molar-refractivity contribution in [1.82, 2.24) is 0 Å². The van der Waals surface area contributed by atoms with Crippen molar-refractivity contribution in [3.63, 3.8) is 0 Å². The van der Waals surface area contributed by atoms with E-state index >= 15 is 0 Å². The topological polar surface area (TPSA) is 0 Å². The van der Waals surface area contributed by atoms with Gasteiger partial charge < -0.3 is 0 Å². The number of rotatable bonds is 9. The van der Waals surface area contributed by atoms with E-state index in [2.05, 4.69) is 52.9 Å². The van der Waals surface area contributed by atoms with E-state index < -0.39 is 26.8 Å². The van der Waals surface area contributed by atoms with Crippen LogP contribution in [0.3, 0.4) is 0 Å². The van der Waals surface area contributed by atoms with Crippen LogP contribution in [0.5, 0.6) is 0 Å². The molecule has 0 fully saturated rings. The molecule has 0 aromatic carbocycles. The summed E-state index contributed by atoms with van der Waals surface area (Å²) in [5, 5.41) is 0. The maximum absolute atomic E-state index is 2.64. The van der Waals surface area contributed by atoms with Crippen LogP contribution in [0.25, 0.3) is 0 Å². The zero-order valence-corrected chi connectivity index (χ0v) is 21.3. The largest absolute Gasteiger partial charge is 0.269 e. The summed E-state index contributed by atoms with van der Waals surface area (Å²) < 4.78 is 3.95. The quantitative estimate of drug-likeness (QED) is 0.313. The van der Waals surface area contributed by atoms with Crippen LogP contribution in [0.1, 0.15) is 79.1 Å². The number of unbranched alkanes of at least 4 members (excludes halogenated alkanes) is 2. The molecule has 2 aliphatic carbocycles. The molecule has 0 nitrogen and oxygen atoms in total. The molecule has 149 valence electrons. The fourth-order valence-electron chi connectivity index (χ4n) is 4.24. The van der Waals surface area contributed by atoms with Crippen molar-refractivity contribution < 1.29 is 30.3 Å². The third-order valence-corrected chi connectivity index (χ3v) is 25.3. The zero-order chi connectivity index (χ0) is 17.7. The van der Waals surface area contributed by atoms with Gasteiger partial charge in [0.2, 0.25) is 0 Å². The first kappa shape index (κ1) is 25.9. The van der Waals surface area contributed by atoms with E-state index in [0.717, 1.165) is 0 Å². The van der Waals surface area contributed by atoms with E-state index in [4.69, 9.17) is 0 Å². The Hall–Kier alpha value is -0.0800. The molecule has 0 aliphatic heterocycles. The molecule has 2 rings (SSSR count). The predicted molar refractivity (Wildman–Crippen MR) is 114 cm³/mol. The summed E-state index contributed by atoms with van der Waals surface area (Å²) in [5.41, 5.74) is 6.85. The Kier molecular flexibility index (Phi) is 12.4. The van der Waals surface area contributed by atoms with Gasteiger partial charge in [-0.05, 0) is 0 Å². The van der Waals surface area contributed by atoms with Gasteiger partial charge in [-0.3, -0.25) is 9.41 Å². The number of allylic oxidation sites excluding steroid dienone is 8. The smallest absolute Gasteiger partial charge is 0.269 e. The second-order valence-electron chi connectivity index (χ2n) is 8.06. The average molecular weight is 461 g/mol. The first-order valence-electron chi connectivity index (χ1n) is 10.1. The Bertz CT molecular complexity index is 537. The van der Waals surface area contributed by atoms with Crippen molar-refractivity contribution in [3.05, 3.63) is 41.0 Å². The van der Waals surface area contributed by atoms with Crippen LogP contribution in [0.2, 0.25) is 13.1 Å². The van der Waals surface area contributed by atoms with Gasteiger partial charge in [0, 0.05) is 0 Å². The minimum absolute atomic E-state index is 0. The van der Waals surface area contributed by atoms with Crippen LogP contribution in [0.15, 0.2) is 41.0 Å². The van der Waals surface area contributed by atoms with E-state index in [1.807, 2.05) is 6.56 Å². The first-order valence-corrected chi connectivity index (χ1v) is 19.7. The molecule has 0 heterocycles. The fraction of sp³-hybridized carbons (Fsp3) is 0.636. The van der Waals surface area contributed by atoms with Gasteiger partial charge in [0.15, 0.2) is 0 Å². The maximum Gasteiger partial charge on any atom is -0.269 e. The van der Waals surface area contributed by atoms with E-state index in [9.17, 15) is 0 Å². The molecule has 4 heteroatoms. The Morgan fingerprint density at radius 3 is 1.50 bits per heavy atom. The molecule has 0 bridgehead atoms. The Labute approximate surface area is 168 Å². The van der Waals surface area contributed by atoms with E-state index in [-0.39, 0.29) is 9.41 Å². The monoisotopic (exact) mass is 459 g/mol. The zero-order valence-electron chi connectivity index (χ0n) is 17.7. The summed E-state index contributed by atoms with van der Waals surface area (Å²) in [6.45, 7) is 14.8. The predicted octanol–water partition coefficient (Wildman–Crippen LogP) is 7.48. The summed E-state index contributed by atoms with van der Waals surface area (Å²) in [6, 6.07) is 0. The van der Waals surface area contributed by atoms with Gasteiger partial charge in [0.1, 0.15) is 0 Å². The van der Waals surface area contributed by atoms with Crippen molar-refractivity contribution in [2.75, 3.05) is 0 Å². The van der Waals surface area contributed by atoms with Crippen LogP contribution in [-0.4, -0.2) is 5.92 Å². The molecule has 0 N–H and O–H groups in total. The molecular formula is C22H39F2SiZr. The molecule has 2 aliphatic rings. The molecule has 0 atom stereocenters. The summed E-state index contributed by atoms with van der Waals surface area (Å²) in [4.78, 5) is 0. The van der Waals surface area contributed by atoms with Crippen LogP contribution in [0.4, 0.5) is 9.41 Å². The van der Waals surface area contributed by atoms with Crippen molar-refractivity contribution in [3.8, 4) is 0 Å². The molecule has 0 saturated carbocycles. The summed E-state index contributed by atoms with van der Waals surface area (Å²) in [6.07, 6.45) is 15.9. The number of hydrogen-bond acceptors (Lipinski definition) is 0. The SMILES string of the molecule is CCCCC1=CC(C)=[C]([Zr]([C]2=C(C)C=C(CCCC)C2)[SiH](C)C)C1.F.F. The van der Waals surface area contributed by atoms with Crippen LogP contribution >= 0.6 is 0 Å². The summed E-state index contributed by atoms with van der Waals surface area (Å²) in [7, 11) is 0. The molecule has 0 spiro atoms. The van der Waals surface area contributed by atoms with Crippen molar-refractivity contribution >= 4 is 5.92 Å². The Morgan fingerprint density at radius 2 is 1.19 bits per heavy atom. The summed E-state index contributed by atoms with van der Waals surface area (Å²) >= 11 is -1.57. The number of hydrogen-bond donors (Lipinski definition) is 0. The van der Waals surface area contributed by atoms with Gasteiger partial charge in [-0.25, -0.2) is 0 Å². The maximum atomic E-state index is 2.64. The minimum atomic E-state index is -1.57. The van der Waals surface area contributed by atoms with Gasteiger partial charge in [-0.2, -0.15) is 0 Å². The summed E-state index contributed by atoms with van der Waals surface area (Å²) in [5.74, 6) is -0.563. The van der Waals surface area contributed by atoms with Crippen molar-refractivity contribution in [1.29, 1.82) is 0 Å². The molecule has 0 aromatic rings. The van der Waals surface area contributed by atoms with Crippen LogP contribution in [-0.2, 0) is 20.9 Å². The van der Waals surface area contributed by atoms with Gasteiger partial charge in [-0.1, -0.05) is 0 Å². The fourth-order valence-corrected chi connectivity index (χ4v) is 25.2. The van der Waals surface area contributed by atoms with Crippen molar-refractivity contribution in [2.45, 2.75) is 92.2 Å². The van der Waals surface area contributed by atoms with Gasteiger partial charge in [-0.15, -0.1) is 0 Å². The van der Waals surface area contributed by atoms with E-state index in [1.54, 1.807) is 22.3 Å². The standard InChI is InChI=1S/2C10H15.C2H7Si.2FH.Zr/c2*1-3-4-5-10-7-6-9(2)8-10;1-3-2;;;/h2*8H,3-5,7H2,1-2H3;3H,1-2H3;2*1H;. The van der Waals surface area contributed by atoms with Gasteiger partial charge in [0.25, 0.3) is 0 Å². The molecule has 0 unspecified atom stereocenters. The normalized spacial score (nSPS) is 16.6. The molecule has 0 radical (unpaired) electrons. The van der Waals surface area contributed by atoms with Gasteiger partial charge >= 0.3 is 160 Å². The van der Waals surface area contributed by atoms with Gasteiger partial charge in [0.05, 0.1) is 0 Å². The molecule has 0 amide bonds. The van der Waals surface area contributed by atoms with Crippen molar-refractivity contribution in [2.24, 2.45) is 0 Å². The average Bonchev–Trinajstić information content (AvgIpc) is 3.07. The Morgan fingerprint density at radius 1 is 0.808 bits per heavy atom. The molecule has 0 aromatic heterocycles. The van der Waals surface area contributed by atoms with Crippen LogP contribution in [0, 0.1) is 0 Å². The Balaban J connectivity index is 0.00000312. The minimum Gasteiger partial charge on any atom is -0.269 e. The van der Waals surface area contributed by atoms with E-state index in [0.29, 0.717) is 0 Å². The van der Waals surface area contributed by atoms with Crippen LogP contribution < -0.4 is 0 Å². The third kappa shape index (κ3) is 6.51. The third-order valence-electron chi connectivity index (χ3n) is 5.53. The number of halogens is 2. The molecule has 26 heavy (non-hydrogen) atoms. The molecular weight excluding hydrogens is 422 g/mol. The van der Waals surface area contributed by atoms with E-state index in [1.165, 1.54) is 51.4 Å². The first-order chi connectivity index (χ1) is 11.5. The second-order valence-corrected chi connectivity index (χ2v) is 27.3. The molecule has 0 saturated heterocycles. The second kappa shape index (κ2) is 12.4.